The Morgan fingerprint density at radius 3 is 2.26 bits per heavy atom. The molecule has 5 rings (SSSR count). The van der Waals surface area contributed by atoms with Crippen LogP contribution in [0.5, 0.6) is 0 Å². The summed E-state index contributed by atoms with van der Waals surface area (Å²) in [7, 11) is 1.54. The minimum atomic E-state index is -0.561. The molecule has 0 aromatic rings. The molecule has 39 heavy (non-hydrogen) atoms. The van der Waals surface area contributed by atoms with E-state index in [1.807, 2.05) is 0 Å². The second-order valence-electron chi connectivity index (χ2n) is 15.7. The maximum Gasteiger partial charge on any atom is 0.309 e. The smallest absolute Gasteiger partial charge is 0.309 e. The van der Waals surface area contributed by atoms with Crippen molar-refractivity contribution in [1.29, 1.82) is 0 Å². The van der Waals surface area contributed by atoms with Gasteiger partial charge in [-0.3, -0.25) is 9.59 Å². The van der Waals surface area contributed by atoms with E-state index in [0.717, 1.165) is 44.9 Å². The van der Waals surface area contributed by atoms with Crippen LogP contribution < -0.4 is 10.8 Å². The number of hydrogen-bond donors (Lipinski definition) is 3. The molecule has 0 spiro atoms. The molecular formula is C33H54N2O4. The molecule has 5 saturated carbocycles. The molecule has 6 nitrogen and oxygen atoms in total. The van der Waals surface area contributed by atoms with E-state index < -0.39 is 11.4 Å². The number of allylic oxidation sites excluding steroid dienone is 1. The molecule has 0 heterocycles. The third-order valence-corrected chi connectivity index (χ3v) is 14.2. The van der Waals surface area contributed by atoms with E-state index in [1.165, 1.54) is 31.9 Å². The zero-order valence-electron chi connectivity index (χ0n) is 25.6. The fourth-order valence-electron chi connectivity index (χ4n) is 12.2. The lowest BCUT2D eigenvalue weighted by Crippen LogP contribution is -2.68. The topological polar surface area (TPSA) is 87.7 Å². The monoisotopic (exact) mass is 542 g/mol. The summed E-state index contributed by atoms with van der Waals surface area (Å²) in [6.07, 6.45) is 10.5. The van der Waals surface area contributed by atoms with Crippen molar-refractivity contribution in [1.82, 2.24) is 10.8 Å². The highest BCUT2D eigenvalue weighted by molar-refractivity contribution is 5.78. The Bertz CT molecular complexity index is 1030. The quantitative estimate of drug-likeness (QED) is 0.268. The molecule has 0 radical (unpaired) electrons. The number of aliphatic carboxylic acids is 1. The summed E-state index contributed by atoms with van der Waals surface area (Å²) in [4.78, 5) is 30.4. The number of hydroxylamine groups is 1. The first kappa shape index (κ1) is 29.1. The maximum atomic E-state index is 12.9. The molecule has 5 fully saturated rings. The standard InChI is InChI=1S/C33H54N2O4/c1-20(2)21-11-16-33(28(37)38)18-17-31(6)22(27(21)33)9-10-24-30(5)14-13-25(35-26(36)19-34-39-8)29(3,4)23(30)12-15-32(24,31)7/h21-25,27,34H,1,9-19H2,2-8H3,(H,35,36)(H,37,38)/t21-,22+,23?,24?,25-,27?,30-,31+,32+,33-/m0/s1. The predicted molar refractivity (Wildman–Crippen MR) is 154 cm³/mol. The molecule has 3 unspecified atom stereocenters. The van der Waals surface area contributed by atoms with Gasteiger partial charge in [0.15, 0.2) is 0 Å². The van der Waals surface area contributed by atoms with Gasteiger partial charge in [-0.15, -0.1) is 0 Å². The van der Waals surface area contributed by atoms with Crippen LogP contribution >= 0.6 is 0 Å². The van der Waals surface area contributed by atoms with Crippen molar-refractivity contribution in [3.05, 3.63) is 12.2 Å². The van der Waals surface area contributed by atoms with Gasteiger partial charge in [0.05, 0.1) is 19.1 Å². The molecule has 5 aliphatic rings. The summed E-state index contributed by atoms with van der Waals surface area (Å²) < 4.78 is 0. The minimum absolute atomic E-state index is 0.0000513. The Kier molecular flexibility index (Phi) is 7.15. The lowest BCUT2D eigenvalue weighted by molar-refractivity contribution is -0.240. The van der Waals surface area contributed by atoms with E-state index in [4.69, 9.17) is 4.84 Å². The van der Waals surface area contributed by atoms with Crippen molar-refractivity contribution < 1.29 is 19.5 Å². The van der Waals surface area contributed by atoms with E-state index in [-0.39, 0.29) is 46.1 Å². The Labute approximate surface area is 236 Å². The van der Waals surface area contributed by atoms with E-state index in [0.29, 0.717) is 23.7 Å². The zero-order chi connectivity index (χ0) is 28.6. The van der Waals surface area contributed by atoms with Gasteiger partial charge in [0.2, 0.25) is 5.91 Å². The summed E-state index contributed by atoms with van der Waals surface area (Å²) in [5, 5.41) is 13.9. The Balaban J connectivity index is 1.45. The number of rotatable bonds is 6. The molecular weight excluding hydrogens is 488 g/mol. The number of nitrogens with one attached hydrogen (secondary N) is 2. The third kappa shape index (κ3) is 3.93. The van der Waals surface area contributed by atoms with Gasteiger partial charge in [-0.2, -0.15) is 5.48 Å². The molecule has 0 bridgehead atoms. The predicted octanol–water partition coefficient (Wildman–Crippen LogP) is 6.36. The summed E-state index contributed by atoms with van der Waals surface area (Å²) in [5.74, 6) is 1.63. The SMILES string of the molecule is C=C(C)[C@@H]1CC[C@]2(C(=O)O)CC[C@]3(C)[C@H](CCC4[C@@]5(C)CC[C@H](NC(=O)CNOC)C(C)(C)C5CC[C@]43C)C12. The van der Waals surface area contributed by atoms with E-state index in [9.17, 15) is 14.7 Å². The molecule has 1 amide bonds. The number of carboxylic acids is 1. The number of amides is 1. The van der Waals surface area contributed by atoms with Crippen molar-refractivity contribution in [2.75, 3.05) is 13.7 Å². The van der Waals surface area contributed by atoms with Gasteiger partial charge in [0.1, 0.15) is 0 Å². The van der Waals surface area contributed by atoms with Crippen molar-refractivity contribution in [3.8, 4) is 0 Å². The Morgan fingerprint density at radius 1 is 0.897 bits per heavy atom. The van der Waals surface area contributed by atoms with Crippen LogP contribution in [0.2, 0.25) is 0 Å². The van der Waals surface area contributed by atoms with E-state index in [1.54, 1.807) is 0 Å². The number of fused-ring (bicyclic) bond motifs is 7. The number of carboxylic acid groups (broad SMARTS) is 1. The molecule has 5 aliphatic carbocycles. The van der Waals surface area contributed by atoms with E-state index >= 15 is 0 Å². The fraction of sp³-hybridized carbons (Fsp3) is 0.879. The molecule has 0 aromatic carbocycles. The lowest BCUT2D eigenvalue weighted by Gasteiger charge is -2.73. The van der Waals surface area contributed by atoms with Crippen molar-refractivity contribution in [2.45, 2.75) is 112 Å². The van der Waals surface area contributed by atoms with Gasteiger partial charge < -0.3 is 15.3 Å². The number of hydrogen-bond acceptors (Lipinski definition) is 4. The summed E-state index contributed by atoms with van der Waals surface area (Å²) in [6.45, 7) is 19.2. The highest BCUT2D eigenvalue weighted by Crippen LogP contribution is 2.77. The minimum Gasteiger partial charge on any atom is -0.481 e. The van der Waals surface area contributed by atoms with Gasteiger partial charge >= 0.3 is 5.97 Å². The van der Waals surface area contributed by atoms with Gasteiger partial charge in [-0.25, -0.2) is 0 Å². The van der Waals surface area contributed by atoms with Crippen LogP contribution in [0.4, 0.5) is 0 Å². The van der Waals surface area contributed by atoms with Crippen LogP contribution in [0, 0.1) is 56.7 Å². The maximum absolute atomic E-state index is 12.9. The first-order valence-electron chi connectivity index (χ1n) is 15.6. The van der Waals surface area contributed by atoms with Crippen molar-refractivity contribution in [2.24, 2.45) is 56.7 Å². The van der Waals surface area contributed by atoms with Crippen LogP contribution in [-0.2, 0) is 14.4 Å². The number of carbonyl (C=O) groups is 2. The molecule has 220 valence electrons. The largest absolute Gasteiger partial charge is 0.481 e. The highest BCUT2D eigenvalue weighted by Gasteiger charge is 2.72. The van der Waals surface area contributed by atoms with Crippen LogP contribution in [0.25, 0.3) is 0 Å². The van der Waals surface area contributed by atoms with Crippen LogP contribution in [0.15, 0.2) is 12.2 Å². The molecule has 0 aromatic heterocycles. The van der Waals surface area contributed by atoms with Gasteiger partial charge in [-0.1, -0.05) is 46.8 Å². The first-order chi connectivity index (χ1) is 18.2. The van der Waals surface area contributed by atoms with Gasteiger partial charge in [0, 0.05) is 6.04 Å². The highest BCUT2D eigenvalue weighted by atomic mass is 16.6. The third-order valence-electron chi connectivity index (χ3n) is 14.2. The summed E-state index contributed by atoms with van der Waals surface area (Å²) in [5.41, 5.74) is 3.89. The molecule has 0 aliphatic heterocycles. The molecule has 6 heteroatoms. The number of carbonyl (C=O) groups excluding carboxylic acids is 1. The normalized spacial score (nSPS) is 48.2. The van der Waals surface area contributed by atoms with Crippen LogP contribution in [-0.4, -0.2) is 36.7 Å². The molecule has 10 atom stereocenters. The van der Waals surface area contributed by atoms with Crippen molar-refractivity contribution in [3.63, 3.8) is 0 Å². The Morgan fingerprint density at radius 2 is 1.62 bits per heavy atom. The summed E-state index contributed by atoms with van der Waals surface area (Å²) >= 11 is 0. The van der Waals surface area contributed by atoms with Crippen LogP contribution in [0.1, 0.15) is 106 Å². The molecule has 3 N–H and O–H groups in total. The summed E-state index contributed by atoms with van der Waals surface area (Å²) in [6, 6.07) is 0.165. The first-order valence-corrected chi connectivity index (χ1v) is 15.6. The van der Waals surface area contributed by atoms with Gasteiger partial charge in [0.25, 0.3) is 0 Å². The second-order valence-corrected chi connectivity index (χ2v) is 15.7. The van der Waals surface area contributed by atoms with Gasteiger partial charge in [-0.05, 0) is 122 Å². The van der Waals surface area contributed by atoms with Crippen molar-refractivity contribution >= 4 is 11.9 Å². The Hall–Kier alpha value is -1.40. The van der Waals surface area contributed by atoms with E-state index in [2.05, 4.69) is 58.9 Å². The molecule has 0 saturated heterocycles. The average Bonchev–Trinajstić information content (AvgIpc) is 3.26. The zero-order valence-corrected chi connectivity index (χ0v) is 25.6. The van der Waals surface area contributed by atoms with Crippen LogP contribution in [0.3, 0.4) is 0 Å². The lowest BCUT2D eigenvalue weighted by atomic mass is 9.32. The fourth-order valence-corrected chi connectivity index (χ4v) is 12.2. The second kappa shape index (κ2) is 9.58. The average molecular weight is 543 g/mol.